The van der Waals surface area contributed by atoms with Crippen LogP contribution in [0.1, 0.15) is 52.9 Å². The molecule has 0 bridgehead atoms. The number of hydrogen-bond acceptors (Lipinski definition) is 3. The van der Waals surface area contributed by atoms with E-state index < -0.39 is 0 Å². The number of nitrogens with zero attached hydrogens (tertiary/aromatic N) is 1. The minimum atomic E-state index is 0.723. The molecule has 0 amide bonds. The molecule has 1 atom stereocenters. The average Bonchev–Trinajstić information content (AvgIpc) is 2.46. The molecule has 0 aliphatic heterocycles. The molecule has 19 heavy (non-hydrogen) atoms. The van der Waals surface area contributed by atoms with Crippen LogP contribution in [0.3, 0.4) is 0 Å². The Kier molecular flexibility index (Phi) is 8.03. The third-order valence-electron chi connectivity index (χ3n) is 3.33. The lowest BCUT2D eigenvalue weighted by Gasteiger charge is -2.17. The van der Waals surface area contributed by atoms with Crippen molar-refractivity contribution in [2.45, 2.75) is 52.9 Å². The van der Waals surface area contributed by atoms with Crippen LogP contribution in [0.25, 0.3) is 0 Å². The SMILES string of the molecule is CCCCC(CC)CNc1ncccc1OCCC. The van der Waals surface area contributed by atoms with Gasteiger partial charge in [-0.2, -0.15) is 0 Å². The number of aromatic nitrogens is 1. The Morgan fingerprint density at radius 1 is 1.26 bits per heavy atom. The predicted octanol–water partition coefficient (Wildman–Crippen LogP) is 4.50. The molecule has 108 valence electrons. The van der Waals surface area contributed by atoms with Crippen molar-refractivity contribution >= 4 is 5.82 Å². The number of nitrogens with one attached hydrogen (secondary N) is 1. The summed E-state index contributed by atoms with van der Waals surface area (Å²) in [7, 11) is 0. The smallest absolute Gasteiger partial charge is 0.168 e. The molecule has 3 nitrogen and oxygen atoms in total. The molecule has 0 fully saturated rings. The van der Waals surface area contributed by atoms with Crippen LogP contribution in [-0.2, 0) is 0 Å². The van der Waals surface area contributed by atoms with Crippen LogP contribution in [0, 0.1) is 5.92 Å². The summed E-state index contributed by atoms with van der Waals surface area (Å²) in [4.78, 5) is 4.38. The number of rotatable bonds is 10. The van der Waals surface area contributed by atoms with Gasteiger partial charge in [-0.15, -0.1) is 0 Å². The van der Waals surface area contributed by atoms with Crippen molar-refractivity contribution < 1.29 is 4.74 Å². The summed E-state index contributed by atoms with van der Waals surface area (Å²) in [6.45, 7) is 8.34. The highest BCUT2D eigenvalue weighted by molar-refractivity contribution is 5.49. The van der Waals surface area contributed by atoms with Gasteiger partial charge in [-0.05, 0) is 30.9 Å². The molecular weight excluding hydrogens is 236 g/mol. The normalized spacial score (nSPS) is 12.2. The fourth-order valence-electron chi connectivity index (χ4n) is 2.04. The maximum Gasteiger partial charge on any atom is 0.168 e. The largest absolute Gasteiger partial charge is 0.490 e. The summed E-state index contributed by atoms with van der Waals surface area (Å²) in [6, 6.07) is 3.91. The van der Waals surface area contributed by atoms with Crippen molar-refractivity contribution in [3.63, 3.8) is 0 Å². The Bertz CT molecular complexity index is 341. The van der Waals surface area contributed by atoms with Gasteiger partial charge in [0.15, 0.2) is 11.6 Å². The number of unbranched alkanes of at least 4 members (excludes halogenated alkanes) is 1. The van der Waals surface area contributed by atoms with E-state index in [9.17, 15) is 0 Å². The van der Waals surface area contributed by atoms with Gasteiger partial charge in [0.1, 0.15) is 0 Å². The average molecular weight is 264 g/mol. The van der Waals surface area contributed by atoms with Gasteiger partial charge in [0, 0.05) is 12.7 Å². The highest BCUT2D eigenvalue weighted by atomic mass is 16.5. The molecule has 0 aromatic carbocycles. The summed E-state index contributed by atoms with van der Waals surface area (Å²) in [5.74, 6) is 2.47. The van der Waals surface area contributed by atoms with E-state index >= 15 is 0 Å². The Morgan fingerprint density at radius 3 is 2.79 bits per heavy atom. The maximum atomic E-state index is 5.71. The van der Waals surface area contributed by atoms with Crippen LogP contribution < -0.4 is 10.1 Å². The predicted molar refractivity (Wildman–Crippen MR) is 81.8 cm³/mol. The number of anilines is 1. The van der Waals surface area contributed by atoms with E-state index in [-0.39, 0.29) is 0 Å². The molecule has 0 spiro atoms. The molecular formula is C16H28N2O. The van der Waals surface area contributed by atoms with Gasteiger partial charge >= 0.3 is 0 Å². The minimum Gasteiger partial charge on any atom is -0.490 e. The first-order valence-corrected chi connectivity index (χ1v) is 7.63. The fraction of sp³-hybridized carbons (Fsp3) is 0.688. The molecule has 0 radical (unpaired) electrons. The van der Waals surface area contributed by atoms with E-state index in [0.717, 1.165) is 37.1 Å². The van der Waals surface area contributed by atoms with Crippen LogP contribution in [0.2, 0.25) is 0 Å². The van der Waals surface area contributed by atoms with Gasteiger partial charge in [-0.3, -0.25) is 0 Å². The van der Waals surface area contributed by atoms with Crippen molar-refractivity contribution in [1.29, 1.82) is 0 Å². The molecule has 0 aliphatic carbocycles. The second-order valence-corrected chi connectivity index (χ2v) is 5.00. The standard InChI is InChI=1S/C16H28N2O/c1-4-7-9-14(6-3)13-18-16-15(19-12-5-2)10-8-11-17-16/h8,10-11,14H,4-7,9,12-13H2,1-3H3,(H,17,18). The van der Waals surface area contributed by atoms with Crippen LogP contribution in [-0.4, -0.2) is 18.1 Å². The number of pyridine rings is 1. The molecule has 1 heterocycles. The van der Waals surface area contributed by atoms with Crippen LogP contribution >= 0.6 is 0 Å². The van der Waals surface area contributed by atoms with Crippen molar-refractivity contribution in [1.82, 2.24) is 4.98 Å². The zero-order valence-corrected chi connectivity index (χ0v) is 12.6. The second-order valence-electron chi connectivity index (χ2n) is 5.00. The molecule has 0 saturated heterocycles. The van der Waals surface area contributed by atoms with Crippen LogP contribution in [0.5, 0.6) is 5.75 Å². The molecule has 0 saturated carbocycles. The Labute approximate surface area is 117 Å². The minimum absolute atomic E-state index is 0.723. The third kappa shape index (κ3) is 5.95. The number of ether oxygens (including phenoxy) is 1. The van der Waals surface area contributed by atoms with Gasteiger partial charge in [0.2, 0.25) is 0 Å². The zero-order valence-electron chi connectivity index (χ0n) is 12.6. The van der Waals surface area contributed by atoms with E-state index in [1.54, 1.807) is 0 Å². The van der Waals surface area contributed by atoms with Gasteiger partial charge < -0.3 is 10.1 Å². The van der Waals surface area contributed by atoms with E-state index in [1.165, 1.54) is 25.7 Å². The monoisotopic (exact) mass is 264 g/mol. The summed E-state index contributed by atoms with van der Waals surface area (Å²) in [6.07, 6.45) is 7.91. The van der Waals surface area contributed by atoms with E-state index in [0.29, 0.717) is 0 Å². The number of hydrogen-bond donors (Lipinski definition) is 1. The quantitative estimate of drug-likeness (QED) is 0.675. The Hall–Kier alpha value is -1.25. The second kappa shape index (κ2) is 9.65. The van der Waals surface area contributed by atoms with Gasteiger partial charge in [0.25, 0.3) is 0 Å². The van der Waals surface area contributed by atoms with Crippen LogP contribution in [0.15, 0.2) is 18.3 Å². The molecule has 1 aromatic rings. The van der Waals surface area contributed by atoms with E-state index in [1.807, 2.05) is 18.3 Å². The lowest BCUT2D eigenvalue weighted by Crippen LogP contribution is -2.15. The first kappa shape index (κ1) is 15.8. The zero-order chi connectivity index (χ0) is 13.9. The molecule has 1 unspecified atom stereocenters. The summed E-state index contributed by atoms with van der Waals surface area (Å²) >= 11 is 0. The lowest BCUT2D eigenvalue weighted by atomic mass is 9.99. The third-order valence-corrected chi connectivity index (χ3v) is 3.33. The van der Waals surface area contributed by atoms with Crippen molar-refractivity contribution in [3.8, 4) is 5.75 Å². The van der Waals surface area contributed by atoms with Crippen molar-refractivity contribution in [3.05, 3.63) is 18.3 Å². The van der Waals surface area contributed by atoms with Gasteiger partial charge in [0.05, 0.1) is 6.61 Å². The van der Waals surface area contributed by atoms with Gasteiger partial charge in [-0.25, -0.2) is 4.98 Å². The van der Waals surface area contributed by atoms with Gasteiger partial charge in [-0.1, -0.05) is 40.0 Å². The summed E-state index contributed by atoms with van der Waals surface area (Å²) < 4.78 is 5.71. The molecule has 0 aliphatic rings. The topological polar surface area (TPSA) is 34.2 Å². The summed E-state index contributed by atoms with van der Waals surface area (Å²) in [5.41, 5.74) is 0. The molecule has 1 N–H and O–H groups in total. The molecule has 1 aromatic heterocycles. The van der Waals surface area contributed by atoms with Crippen molar-refractivity contribution in [2.24, 2.45) is 5.92 Å². The molecule has 3 heteroatoms. The maximum absolute atomic E-state index is 5.71. The van der Waals surface area contributed by atoms with Crippen molar-refractivity contribution in [2.75, 3.05) is 18.5 Å². The van der Waals surface area contributed by atoms with Crippen LogP contribution in [0.4, 0.5) is 5.82 Å². The molecule has 1 rings (SSSR count). The highest BCUT2D eigenvalue weighted by Crippen LogP contribution is 2.22. The van der Waals surface area contributed by atoms with E-state index in [2.05, 4.69) is 31.1 Å². The highest BCUT2D eigenvalue weighted by Gasteiger charge is 2.08. The van der Waals surface area contributed by atoms with E-state index in [4.69, 9.17) is 4.74 Å². The first-order chi connectivity index (χ1) is 9.31. The fourth-order valence-corrected chi connectivity index (χ4v) is 2.04. The Morgan fingerprint density at radius 2 is 2.11 bits per heavy atom. The summed E-state index contributed by atoms with van der Waals surface area (Å²) in [5, 5.41) is 3.45. The Balaban J connectivity index is 2.50. The first-order valence-electron chi connectivity index (χ1n) is 7.63. The lowest BCUT2D eigenvalue weighted by molar-refractivity contribution is 0.317.